The second-order valence-electron chi connectivity index (χ2n) is 4.14. The molecular weight excluding hydrogens is 290 g/mol. The van der Waals surface area contributed by atoms with E-state index in [1.54, 1.807) is 23.9 Å². The van der Waals surface area contributed by atoms with Gasteiger partial charge in [0.25, 0.3) is 0 Å². The highest BCUT2D eigenvalue weighted by Crippen LogP contribution is 2.24. The normalized spacial score (nSPS) is 10.0. The number of nitrogens with zero attached hydrogens (tertiary/aromatic N) is 1. The maximum absolute atomic E-state index is 11.4. The molecule has 0 saturated carbocycles. The zero-order valence-electron chi connectivity index (χ0n) is 10.7. The lowest BCUT2D eigenvalue weighted by Gasteiger charge is -2.04. The molecule has 0 heterocycles. The summed E-state index contributed by atoms with van der Waals surface area (Å²) in [5.41, 5.74) is 2.34. The van der Waals surface area contributed by atoms with Gasteiger partial charge < -0.3 is 0 Å². The van der Waals surface area contributed by atoms with Gasteiger partial charge in [-0.1, -0.05) is 30.3 Å². The highest BCUT2D eigenvalue weighted by Gasteiger charge is 2.05. The van der Waals surface area contributed by atoms with Crippen LogP contribution in [0, 0.1) is 11.3 Å². The number of rotatable bonds is 5. The zero-order valence-corrected chi connectivity index (χ0v) is 12.2. The third-order valence-electron chi connectivity index (χ3n) is 2.83. The van der Waals surface area contributed by atoms with E-state index < -0.39 is 0 Å². The Bertz CT molecular complexity index is 646. The summed E-state index contributed by atoms with van der Waals surface area (Å²) in [6.07, 6.45) is 0. The number of halogens is 1. The first-order chi connectivity index (χ1) is 9.74. The molecule has 2 nitrogen and oxygen atoms in total. The smallest absolute Gasteiger partial charge is 0.177 e. The number of hydrogen-bond acceptors (Lipinski definition) is 3. The highest BCUT2D eigenvalue weighted by molar-refractivity contribution is 7.98. The van der Waals surface area contributed by atoms with Gasteiger partial charge in [-0.3, -0.25) is 4.79 Å². The van der Waals surface area contributed by atoms with Crippen LogP contribution in [0.4, 0.5) is 0 Å². The van der Waals surface area contributed by atoms with Crippen molar-refractivity contribution in [2.75, 3.05) is 5.88 Å². The van der Waals surface area contributed by atoms with Crippen molar-refractivity contribution in [2.24, 2.45) is 0 Å². The van der Waals surface area contributed by atoms with Crippen LogP contribution in [0.3, 0.4) is 0 Å². The summed E-state index contributed by atoms with van der Waals surface area (Å²) >= 11 is 7.15. The van der Waals surface area contributed by atoms with E-state index >= 15 is 0 Å². The minimum Gasteiger partial charge on any atom is -0.293 e. The van der Waals surface area contributed by atoms with Crippen molar-refractivity contribution >= 4 is 29.1 Å². The summed E-state index contributed by atoms with van der Waals surface area (Å²) in [6.45, 7) is 0. The van der Waals surface area contributed by atoms with Gasteiger partial charge in [0.15, 0.2) is 5.78 Å². The van der Waals surface area contributed by atoms with E-state index in [0.717, 1.165) is 16.2 Å². The fourth-order valence-corrected chi connectivity index (χ4v) is 2.79. The summed E-state index contributed by atoms with van der Waals surface area (Å²) in [7, 11) is 0. The molecule has 0 aliphatic carbocycles. The molecule has 0 aliphatic heterocycles. The molecule has 0 unspecified atom stereocenters. The molecule has 0 radical (unpaired) electrons. The number of carbonyl (C=O) groups excluding carboxylic acids is 1. The maximum Gasteiger partial charge on any atom is 0.177 e. The Morgan fingerprint density at radius 2 is 1.85 bits per heavy atom. The van der Waals surface area contributed by atoms with E-state index in [1.807, 2.05) is 36.4 Å². The number of alkyl halides is 1. The lowest BCUT2D eigenvalue weighted by atomic mass is 10.1. The van der Waals surface area contributed by atoms with E-state index in [4.69, 9.17) is 16.9 Å². The van der Waals surface area contributed by atoms with Gasteiger partial charge in [-0.2, -0.15) is 5.26 Å². The fraction of sp³-hybridized carbons (Fsp3) is 0.125. The molecule has 2 aromatic carbocycles. The summed E-state index contributed by atoms with van der Waals surface area (Å²) < 4.78 is 0. The van der Waals surface area contributed by atoms with Gasteiger partial charge in [0.05, 0.1) is 17.5 Å². The van der Waals surface area contributed by atoms with Crippen LogP contribution in [-0.2, 0) is 5.75 Å². The summed E-state index contributed by atoms with van der Waals surface area (Å²) in [5, 5.41) is 9.03. The Kier molecular flexibility index (Phi) is 5.23. The predicted octanol–water partition coefficient (Wildman–Crippen LogP) is 4.27. The third-order valence-corrected chi connectivity index (χ3v) is 4.13. The van der Waals surface area contributed by atoms with Gasteiger partial charge in [-0.25, -0.2) is 0 Å². The first-order valence-corrected chi connectivity index (χ1v) is 7.56. The van der Waals surface area contributed by atoms with Gasteiger partial charge in [0.2, 0.25) is 0 Å². The minimum atomic E-state index is -0.0713. The van der Waals surface area contributed by atoms with Crippen LogP contribution in [0.5, 0.6) is 0 Å². The van der Waals surface area contributed by atoms with Crippen molar-refractivity contribution in [3.8, 4) is 6.07 Å². The summed E-state index contributed by atoms with van der Waals surface area (Å²) in [5.74, 6) is 0.659. The van der Waals surface area contributed by atoms with Crippen molar-refractivity contribution in [2.45, 2.75) is 10.6 Å². The molecule has 0 N–H and O–H groups in total. The van der Waals surface area contributed by atoms with E-state index in [0.29, 0.717) is 11.1 Å². The molecule has 0 bridgehead atoms. The second-order valence-corrected chi connectivity index (χ2v) is 5.45. The maximum atomic E-state index is 11.4. The molecule has 4 heteroatoms. The van der Waals surface area contributed by atoms with Gasteiger partial charge in [-0.15, -0.1) is 23.4 Å². The molecule has 2 aromatic rings. The first kappa shape index (κ1) is 14.6. The molecule has 0 atom stereocenters. The van der Waals surface area contributed by atoms with Crippen LogP contribution < -0.4 is 0 Å². The van der Waals surface area contributed by atoms with Gasteiger partial charge in [-0.05, 0) is 23.8 Å². The lowest BCUT2D eigenvalue weighted by molar-refractivity contribution is 0.102. The molecule has 0 fully saturated rings. The van der Waals surface area contributed by atoms with Crippen molar-refractivity contribution in [1.29, 1.82) is 5.26 Å². The van der Waals surface area contributed by atoms with Gasteiger partial charge in [0, 0.05) is 16.2 Å². The quantitative estimate of drug-likeness (QED) is 0.470. The number of ketones is 1. The van der Waals surface area contributed by atoms with Crippen LogP contribution in [0.2, 0.25) is 0 Å². The topological polar surface area (TPSA) is 40.9 Å². The van der Waals surface area contributed by atoms with E-state index in [1.165, 1.54) is 0 Å². The number of Topliss-reactive ketones (excluding diaryl/α,β-unsaturated/α-hetero) is 1. The third kappa shape index (κ3) is 3.63. The average Bonchev–Trinajstić information content (AvgIpc) is 2.53. The number of nitriles is 1. The number of thioether (sulfide) groups is 1. The van der Waals surface area contributed by atoms with Crippen LogP contribution in [0.25, 0.3) is 0 Å². The van der Waals surface area contributed by atoms with E-state index in [2.05, 4.69) is 6.07 Å². The van der Waals surface area contributed by atoms with Crippen molar-refractivity contribution in [3.63, 3.8) is 0 Å². The Hall–Kier alpha value is -1.76. The van der Waals surface area contributed by atoms with Crippen LogP contribution in [0.1, 0.15) is 21.5 Å². The average molecular weight is 302 g/mol. The van der Waals surface area contributed by atoms with Crippen molar-refractivity contribution in [1.82, 2.24) is 0 Å². The SMILES string of the molecule is N#Cc1ccccc1CSc1ccc(C(=O)CCl)cc1. The van der Waals surface area contributed by atoms with Gasteiger partial charge >= 0.3 is 0 Å². The summed E-state index contributed by atoms with van der Waals surface area (Å²) in [6, 6.07) is 17.1. The Labute approximate surface area is 127 Å². The molecule has 2 rings (SSSR count). The van der Waals surface area contributed by atoms with Crippen molar-refractivity contribution < 1.29 is 4.79 Å². The number of carbonyl (C=O) groups is 1. The van der Waals surface area contributed by atoms with Crippen molar-refractivity contribution in [3.05, 3.63) is 65.2 Å². The Morgan fingerprint density at radius 1 is 1.15 bits per heavy atom. The highest BCUT2D eigenvalue weighted by atomic mass is 35.5. The molecule has 0 aliphatic rings. The molecule has 0 spiro atoms. The standard InChI is InChI=1S/C16H12ClNOS/c17-9-16(19)12-5-7-15(8-6-12)20-11-14-4-2-1-3-13(14)10-18/h1-8H,9,11H2. The largest absolute Gasteiger partial charge is 0.293 e. The van der Waals surface area contributed by atoms with Crippen LogP contribution in [0.15, 0.2) is 53.4 Å². The van der Waals surface area contributed by atoms with Gasteiger partial charge in [0.1, 0.15) is 0 Å². The molecule has 20 heavy (non-hydrogen) atoms. The molecular formula is C16H12ClNOS. The molecule has 0 aromatic heterocycles. The van der Waals surface area contributed by atoms with Crippen LogP contribution in [-0.4, -0.2) is 11.7 Å². The molecule has 0 saturated heterocycles. The van der Waals surface area contributed by atoms with E-state index in [9.17, 15) is 4.79 Å². The predicted molar refractivity (Wildman–Crippen MR) is 82.2 cm³/mol. The Morgan fingerprint density at radius 3 is 2.50 bits per heavy atom. The summed E-state index contributed by atoms with van der Waals surface area (Å²) in [4.78, 5) is 12.5. The number of hydrogen-bond donors (Lipinski definition) is 0. The minimum absolute atomic E-state index is 0.00202. The number of benzene rings is 2. The zero-order chi connectivity index (χ0) is 14.4. The molecule has 100 valence electrons. The monoisotopic (exact) mass is 301 g/mol. The second kappa shape index (κ2) is 7.14. The fourth-order valence-electron chi connectivity index (χ4n) is 1.73. The lowest BCUT2D eigenvalue weighted by Crippen LogP contribution is -1.99. The van der Waals surface area contributed by atoms with E-state index in [-0.39, 0.29) is 11.7 Å². The first-order valence-electron chi connectivity index (χ1n) is 6.04. The Balaban J connectivity index is 2.04. The van der Waals surface area contributed by atoms with Crippen LogP contribution >= 0.6 is 23.4 Å². The molecule has 0 amide bonds.